The first-order chi connectivity index (χ1) is 9.69. The molecule has 2 aromatic rings. The molecule has 104 valence electrons. The van der Waals surface area contributed by atoms with Gasteiger partial charge in [-0.25, -0.2) is 4.98 Å². The van der Waals surface area contributed by atoms with Crippen LogP contribution in [0.5, 0.6) is 0 Å². The summed E-state index contributed by atoms with van der Waals surface area (Å²) >= 11 is 0. The summed E-state index contributed by atoms with van der Waals surface area (Å²) in [6.45, 7) is 2.53. The van der Waals surface area contributed by atoms with Crippen LogP contribution in [0, 0.1) is 0 Å². The highest BCUT2D eigenvalue weighted by molar-refractivity contribution is 5.91. The lowest BCUT2D eigenvalue weighted by atomic mass is 10.1. The van der Waals surface area contributed by atoms with E-state index in [1.165, 1.54) is 11.9 Å². The Balaban J connectivity index is 1.93. The minimum atomic E-state index is -0.0685. The quantitative estimate of drug-likeness (QED) is 0.846. The van der Waals surface area contributed by atoms with Crippen LogP contribution in [-0.4, -0.2) is 33.0 Å². The number of carbonyl (C=O) groups excluding carboxylic acids is 1. The van der Waals surface area contributed by atoms with Crippen molar-refractivity contribution < 1.29 is 4.79 Å². The molecular formula is C15H18N4O. The molecule has 0 saturated carbocycles. The van der Waals surface area contributed by atoms with E-state index in [2.05, 4.69) is 34.2 Å². The highest BCUT2D eigenvalue weighted by Gasteiger charge is 2.07. The number of aryl methyl sites for hydroxylation is 1. The second-order valence-corrected chi connectivity index (χ2v) is 4.55. The number of aromatic amines is 1. The van der Waals surface area contributed by atoms with Crippen molar-refractivity contribution in [1.82, 2.24) is 20.1 Å². The van der Waals surface area contributed by atoms with Crippen LogP contribution in [-0.2, 0) is 17.8 Å². The molecule has 5 heteroatoms. The Morgan fingerprint density at radius 3 is 2.70 bits per heavy atom. The molecule has 1 N–H and O–H groups in total. The van der Waals surface area contributed by atoms with Gasteiger partial charge in [-0.3, -0.25) is 9.89 Å². The molecule has 20 heavy (non-hydrogen) atoms. The fraction of sp³-hybridized carbons (Fsp3) is 0.267. The highest BCUT2D eigenvalue weighted by Crippen LogP contribution is 2.07. The maximum Gasteiger partial charge on any atom is 0.246 e. The molecule has 0 bridgehead atoms. The van der Waals surface area contributed by atoms with Crippen molar-refractivity contribution in [2.24, 2.45) is 0 Å². The molecule has 0 aliphatic carbocycles. The maximum atomic E-state index is 11.9. The summed E-state index contributed by atoms with van der Waals surface area (Å²) in [5, 5.41) is 6.48. The monoisotopic (exact) mass is 270 g/mol. The zero-order valence-electron chi connectivity index (χ0n) is 11.7. The van der Waals surface area contributed by atoms with Crippen molar-refractivity contribution >= 4 is 12.0 Å². The van der Waals surface area contributed by atoms with Crippen molar-refractivity contribution in [3.63, 3.8) is 0 Å². The average Bonchev–Trinajstić information content (AvgIpc) is 2.98. The van der Waals surface area contributed by atoms with Crippen molar-refractivity contribution in [3.05, 3.63) is 53.6 Å². The molecular weight excluding hydrogens is 252 g/mol. The van der Waals surface area contributed by atoms with Gasteiger partial charge in [0.1, 0.15) is 12.2 Å². The van der Waals surface area contributed by atoms with Gasteiger partial charge in [0.25, 0.3) is 0 Å². The number of hydrogen-bond acceptors (Lipinski definition) is 3. The number of carbonyl (C=O) groups is 1. The Labute approximate surface area is 118 Å². The number of rotatable bonds is 5. The molecule has 0 spiro atoms. The summed E-state index contributed by atoms with van der Waals surface area (Å²) in [6, 6.07) is 8.17. The van der Waals surface area contributed by atoms with E-state index in [1.54, 1.807) is 18.0 Å². The third-order valence-electron chi connectivity index (χ3n) is 3.03. The molecule has 0 aliphatic heterocycles. The summed E-state index contributed by atoms with van der Waals surface area (Å²) in [7, 11) is 1.73. The Hall–Kier alpha value is -2.43. The normalized spacial score (nSPS) is 10.9. The van der Waals surface area contributed by atoms with E-state index in [1.807, 2.05) is 18.2 Å². The molecule has 0 unspecified atom stereocenters. The Bertz CT molecular complexity index is 572. The van der Waals surface area contributed by atoms with Gasteiger partial charge in [0.15, 0.2) is 0 Å². The van der Waals surface area contributed by atoms with E-state index in [0.29, 0.717) is 12.4 Å². The third kappa shape index (κ3) is 3.78. The molecule has 0 saturated heterocycles. The van der Waals surface area contributed by atoms with Gasteiger partial charge < -0.3 is 4.90 Å². The number of nitrogens with zero attached hydrogens (tertiary/aromatic N) is 3. The predicted octanol–water partition coefficient (Wildman–Crippen LogP) is 2.04. The van der Waals surface area contributed by atoms with Crippen LogP contribution in [0.1, 0.15) is 23.9 Å². The van der Waals surface area contributed by atoms with Crippen LogP contribution in [0.3, 0.4) is 0 Å². The zero-order valence-corrected chi connectivity index (χ0v) is 11.7. The first-order valence-electron chi connectivity index (χ1n) is 6.55. The second kappa shape index (κ2) is 6.65. The van der Waals surface area contributed by atoms with E-state index in [9.17, 15) is 4.79 Å². The number of nitrogens with one attached hydrogen (secondary N) is 1. The van der Waals surface area contributed by atoms with Crippen LogP contribution in [0.25, 0.3) is 6.08 Å². The van der Waals surface area contributed by atoms with Crippen molar-refractivity contribution in [2.75, 3.05) is 7.05 Å². The average molecular weight is 270 g/mol. The van der Waals surface area contributed by atoms with E-state index in [4.69, 9.17) is 0 Å². The lowest BCUT2D eigenvalue weighted by Gasteiger charge is -2.12. The van der Waals surface area contributed by atoms with E-state index >= 15 is 0 Å². The van der Waals surface area contributed by atoms with Crippen molar-refractivity contribution in [2.45, 2.75) is 19.9 Å². The van der Waals surface area contributed by atoms with Crippen LogP contribution >= 0.6 is 0 Å². The molecule has 0 atom stereocenters. The van der Waals surface area contributed by atoms with E-state index < -0.39 is 0 Å². The van der Waals surface area contributed by atoms with Gasteiger partial charge in [0, 0.05) is 13.1 Å². The van der Waals surface area contributed by atoms with Crippen molar-refractivity contribution in [3.8, 4) is 0 Å². The molecule has 1 amide bonds. The second-order valence-electron chi connectivity index (χ2n) is 4.55. The zero-order chi connectivity index (χ0) is 14.4. The summed E-state index contributed by atoms with van der Waals surface area (Å²) in [5.74, 6) is 0.600. The molecule has 5 nitrogen and oxygen atoms in total. The first-order valence-corrected chi connectivity index (χ1v) is 6.55. The smallest absolute Gasteiger partial charge is 0.246 e. The topological polar surface area (TPSA) is 61.9 Å². The molecule has 0 fully saturated rings. The summed E-state index contributed by atoms with van der Waals surface area (Å²) < 4.78 is 0. The Morgan fingerprint density at radius 1 is 1.35 bits per heavy atom. The molecule has 0 aliphatic rings. The first kappa shape index (κ1) is 14.0. The van der Waals surface area contributed by atoms with Crippen LogP contribution in [0.2, 0.25) is 0 Å². The minimum Gasteiger partial charge on any atom is -0.335 e. The number of likely N-dealkylation sites (N-methyl/N-ethyl adjacent to an activating group) is 1. The van der Waals surface area contributed by atoms with Crippen LogP contribution in [0.4, 0.5) is 0 Å². The van der Waals surface area contributed by atoms with Crippen LogP contribution in [0.15, 0.2) is 36.7 Å². The molecule has 1 heterocycles. The van der Waals surface area contributed by atoms with Gasteiger partial charge in [-0.15, -0.1) is 0 Å². The molecule has 1 aromatic carbocycles. The lowest BCUT2D eigenvalue weighted by molar-refractivity contribution is -0.125. The Morgan fingerprint density at radius 2 is 2.10 bits per heavy atom. The highest BCUT2D eigenvalue weighted by atomic mass is 16.2. The number of hydrogen-bond donors (Lipinski definition) is 1. The van der Waals surface area contributed by atoms with E-state index in [-0.39, 0.29) is 5.91 Å². The van der Waals surface area contributed by atoms with Crippen molar-refractivity contribution in [1.29, 1.82) is 0 Å². The summed E-state index contributed by atoms with van der Waals surface area (Å²) in [5.41, 5.74) is 2.31. The predicted molar refractivity (Wildman–Crippen MR) is 77.7 cm³/mol. The van der Waals surface area contributed by atoms with Gasteiger partial charge in [-0.1, -0.05) is 31.2 Å². The molecule has 2 rings (SSSR count). The van der Waals surface area contributed by atoms with Gasteiger partial charge in [-0.2, -0.15) is 5.10 Å². The standard InChI is InChI=1S/C15H18N4O/c1-3-12-4-6-13(7-5-12)8-9-15(20)19(2)10-14-16-11-17-18-14/h4-9,11H,3,10H2,1-2H3,(H,16,17,18). The number of aromatic nitrogens is 3. The summed E-state index contributed by atoms with van der Waals surface area (Å²) in [6.07, 6.45) is 5.83. The molecule has 0 radical (unpaired) electrons. The fourth-order valence-electron chi connectivity index (χ4n) is 1.77. The van der Waals surface area contributed by atoms with E-state index in [0.717, 1.165) is 12.0 Å². The number of benzene rings is 1. The van der Waals surface area contributed by atoms with Gasteiger partial charge in [-0.05, 0) is 23.6 Å². The van der Waals surface area contributed by atoms with Gasteiger partial charge in [0.2, 0.25) is 5.91 Å². The fourth-order valence-corrected chi connectivity index (χ4v) is 1.77. The van der Waals surface area contributed by atoms with Gasteiger partial charge >= 0.3 is 0 Å². The van der Waals surface area contributed by atoms with Gasteiger partial charge in [0.05, 0.1) is 6.54 Å². The number of H-pyrrole nitrogens is 1. The largest absolute Gasteiger partial charge is 0.335 e. The third-order valence-corrected chi connectivity index (χ3v) is 3.03. The van der Waals surface area contributed by atoms with Crippen LogP contribution < -0.4 is 0 Å². The SMILES string of the molecule is CCc1ccc(C=CC(=O)N(C)Cc2ncn[nH]2)cc1. The summed E-state index contributed by atoms with van der Waals surface area (Å²) in [4.78, 5) is 17.5. The lowest BCUT2D eigenvalue weighted by Crippen LogP contribution is -2.24. The maximum absolute atomic E-state index is 11.9. The Kier molecular flexibility index (Phi) is 4.65. The molecule has 1 aromatic heterocycles. The minimum absolute atomic E-state index is 0.0685. The number of amides is 1.